The Kier molecular flexibility index (Phi) is 7.11. The Bertz CT molecular complexity index is 432. The number of allylic oxidation sites excluding steroid dienone is 1. The maximum absolute atomic E-state index is 11.7. The molecule has 4 heteroatoms. The van der Waals surface area contributed by atoms with E-state index in [-0.39, 0.29) is 18.5 Å². The summed E-state index contributed by atoms with van der Waals surface area (Å²) in [4.78, 5) is 24.3. The average molecular weight is 275 g/mol. The van der Waals surface area contributed by atoms with Crippen LogP contribution in [0.3, 0.4) is 0 Å². The lowest BCUT2D eigenvalue weighted by molar-refractivity contribution is -0.121. The highest BCUT2D eigenvalue weighted by atomic mass is 16.6. The molecule has 0 aliphatic carbocycles. The Morgan fingerprint density at radius 3 is 2.40 bits per heavy atom. The van der Waals surface area contributed by atoms with Crippen LogP contribution in [0.2, 0.25) is 0 Å². The molecule has 1 amide bonds. The molecular formula is C16H21NO3. The maximum atomic E-state index is 11.7. The van der Waals surface area contributed by atoms with Gasteiger partial charge in [-0.25, -0.2) is 4.79 Å². The zero-order valence-corrected chi connectivity index (χ0v) is 11.9. The quantitative estimate of drug-likeness (QED) is 0.779. The van der Waals surface area contributed by atoms with E-state index in [2.05, 4.69) is 6.58 Å². The van der Waals surface area contributed by atoms with Crippen LogP contribution in [0.15, 0.2) is 43.0 Å². The van der Waals surface area contributed by atoms with Crippen molar-refractivity contribution >= 4 is 11.9 Å². The molecule has 0 atom stereocenters. The Labute approximate surface area is 120 Å². The first kappa shape index (κ1) is 16.0. The van der Waals surface area contributed by atoms with E-state index in [0.717, 1.165) is 5.56 Å². The number of nitrogens with zero attached hydrogens (tertiary/aromatic N) is 1. The number of likely N-dealkylation sites (tertiary alicyclic amines) is 1. The molecule has 1 aromatic rings. The lowest BCUT2D eigenvalue weighted by Gasteiger charge is -2.25. The van der Waals surface area contributed by atoms with Gasteiger partial charge in [0.25, 0.3) is 0 Å². The van der Waals surface area contributed by atoms with Crippen molar-refractivity contribution < 1.29 is 14.3 Å². The lowest BCUT2D eigenvalue weighted by Crippen LogP contribution is -2.38. The highest BCUT2D eigenvalue weighted by molar-refractivity contribution is 5.81. The number of ketones is 1. The molecule has 0 radical (unpaired) electrons. The number of hydrogen-bond acceptors (Lipinski definition) is 3. The summed E-state index contributed by atoms with van der Waals surface area (Å²) in [7, 11) is 0. The Morgan fingerprint density at radius 2 is 1.85 bits per heavy atom. The molecule has 108 valence electrons. The molecule has 1 saturated heterocycles. The third kappa shape index (κ3) is 5.69. The zero-order valence-electron chi connectivity index (χ0n) is 11.9. The number of carbonyl (C=O) groups excluding carboxylic acids is 2. The van der Waals surface area contributed by atoms with Crippen molar-refractivity contribution in [2.45, 2.75) is 26.4 Å². The number of carbonyl (C=O) groups is 2. The Hall–Kier alpha value is -2.10. The number of rotatable bonds is 2. The lowest BCUT2D eigenvalue weighted by atomic mass is 10.1. The molecule has 1 aliphatic rings. The predicted octanol–water partition coefficient (Wildman–Crippen LogP) is 3.18. The predicted molar refractivity (Wildman–Crippen MR) is 78.3 cm³/mol. The van der Waals surface area contributed by atoms with Crippen LogP contribution in [-0.2, 0) is 16.1 Å². The molecule has 0 saturated carbocycles. The van der Waals surface area contributed by atoms with Gasteiger partial charge in [0.15, 0.2) is 0 Å². The summed E-state index contributed by atoms with van der Waals surface area (Å²) in [5.74, 6) is 0.220. The smallest absolute Gasteiger partial charge is 0.410 e. The number of amides is 1. The van der Waals surface area contributed by atoms with Crippen molar-refractivity contribution in [2.75, 3.05) is 13.1 Å². The first-order chi connectivity index (χ1) is 9.67. The first-order valence-corrected chi connectivity index (χ1v) is 6.71. The summed E-state index contributed by atoms with van der Waals surface area (Å²) in [5.41, 5.74) is 0.967. The van der Waals surface area contributed by atoms with Crippen LogP contribution in [0.1, 0.15) is 25.3 Å². The third-order valence-electron chi connectivity index (χ3n) is 2.78. The summed E-state index contributed by atoms with van der Waals surface area (Å²) in [5, 5.41) is 0. The van der Waals surface area contributed by atoms with Crippen LogP contribution in [-0.4, -0.2) is 29.9 Å². The fourth-order valence-electron chi connectivity index (χ4n) is 1.75. The molecule has 1 fully saturated rings. The second-order valence-corrected chi connectivity index (χ2v) is 4.47. The van der Waals surface area contributed by atoms with E-state index in [4.69, 9.17) is 4.74 Å². The molecule has 0 bridgehead atoms. The number of Topliss-reactive ketones (excluding diaryl/α,β-unsaturated/α-hetero) is 1. The average Bonchev–Trinajstić information content (AvgIpc) is 2.47. The molecule has 2 rings (SSSR count). The second kappa shape index (κ2) is 8.91. The summed E-state index contributed by atoms with van der Waals surface area (Å²) >= 11 is 0. The van der Waals surface area contributed by atoms with Crippen molar-refractivity contribution in [2.24, 2.45) is 0 Å². The van der Waals surface area contributed by atoms with E-state index >= 15 is 0 Å². The largest absolute Gasteiger partial charge is 0.445 e. The van der Waals surface area contributed by atoms with Crippen LogP contribution in [0, 0.1) is 0 Å². The van der Waals surface area contributed by atoms with Gasteiger partial charge in [0.2, 0.25) is 0 Å². The maximum Gasteiger partial charge on any atom is 0.410 e. The monoisotopic (exact) mass is 275 g/mol. The van der Waals surface area contributed by atoms with E-state index in [1.807, 2.05) is 37.3 Å². The van der Waals surface area contributed by atoms with Gasteiger partial charge in [-0.1, -0.05) is 36.4 Å². The standard InChI is InChI=1S/C13H15NO3.C3H6/c15-12-6-8-14(9-7-12)13(16)17-10-11-4-2-1-3-5-11;1-3-2/h1-5H,6-10H2;3H,1H2,2H3. The summed E-state index contributed by atoms with van der Waals surface area (Å²) in [6.07, 6.45) is 2.31. The molecule has 0 unspecified atom stereocenters. The Morgan fingerprint density at radius 1 is 1.30 bits per heavy atom. The molecule has 0 aromatic heterocycles. The molecule has 1 aromatic carbocycles. The van der Waals surface area contributed by atoms with Gasteiger partial charge in [-0.2, -0.15) is 0 Å². The van der Waals surface area contributed by atoms with Crippen molar-refractivity contribution in [3.05, 3.63) is 48.6 Å². The van der Waals surface area contributed by atoms with Crippen LogP contribution in [0.4, 0.5) is 4.79 Å². The van der Waals surface area contributed by atoms with Gasteiger partial charge in [0.05, 0.1) is 0 Å². The number of ether oxygens (including phenoxy) is 1. The highest BCUT2D eigenvalue weighted by Crippen LogP contribution is 2.09. The van der Waals surface area contributed by atoms with E-state index in [0.29, 0.717) is 25.9 Å². The summed E-state index contributed by atoms with van der Waals surface area (Å²) < 4.78 is 5.18. The van der Waals surface area contributed by atoms with Crippen LogP contribution < -0.4 is 0 Å². The summed E-state index contributed by atoms with van der Waals surface area (Å²) in [6, 6.07) is 9.55. The van der Waals surface area contributed by atoms with Crippen LogP contribution >= 0.6 is 0 Å². The second-order valence-electron chi connectivity index (χ2n) is 4.47. The van der Waals surface area contributed by atoms with Crippen LogP contribution in [0.5, 0.6) is 0 Å². The SMILES string of the molecule is C=CC.O=C1CCN(C(=O)OCc2ccccc2)CC1. The van der Waals surface area contributed by atoms with E-state index in [9.17, 15) is 9.59 Å². The zero-order chi connectivity index (χ0) is 14.8. The topological polar surface area (TPSA) is 46.6 Å². The number of benzene rings is 1. The molecule has 0 N–H and O–H groups in total. The van der Waals surface area contributed by atoms with Gasteiger partial charge in [-0.3, -0.25) is 4.79 Å². The van der Waals surface area contributed by atoms with E-state index < -0.39 is 0 Å². The minimum Gasteiger partial charge on any atom is -0.445 e. The van der Waals surface area contributed by atoms with Crippen molar-refractivity contribution in [1.82, 2.24) is 4.90 Å². The highest BCUT2D eigenvalue weighted by Gasteiger charge is 2.21. The molecule has 1 heterocycles. The van der Waals surface area contributed by atoms with Crippen molar-refractivity contribution in [3.63, 3.8) is 0 Å². The van der Waals surface area contributed by atoms with Gasteiger partial charge in [0, 0.05) is 25.9 Å². The van der Waals surface area contributed by atoms with Crippen molar-refractivity contribution in [3.8, 4) is 0 Å². The van der Waals surface area contributed by atoms with Gasteiger partial charge < -0.3 is 9.64 Å². The Balaban J connectivity index is 0.000000612. The minimum atomic E-state index is -0.332. The van der Waals surface area contributed by atoms with Crippen LogP contribution in [0.25, 0.3) is 0 Å². The van der Waals surface area contributed by atoms with E-state index in [1.165, 1.54) is 0 Å². The van der Waals surface area contributed by atoms with Gasteiger partial charge in [0.1, 0.15) is 12.4 Å². The molecule has 0 spiro atoms. The fourth-order valence-corrected chi connectivity index (χ4v) is 1.75. The fraction of sp³-hybridized carbons (Fsp3) is 0.375. The van der Waals surface area contributed by atoms with Crippen molar-refractivity contribution in [1.29, 1.82) is 0 Å². The van der Waals surface area contributed by atoms with Gasteiger partial charge >= 0.3 is 6.09 Å². The molecular weight excluding hydrogens is 254 g/mol. The third-order valence-corrected chi connectivity index (χ3v) is 2.78. The van der Waals surface area contributed by atoms with Gasteiger partial charge in [-0.15, -0.1) is 6.58 Å². The van der Waals surface area contributed by atoms with Gasteiger partial charge in [-0.05, 0) is 12.5 Å². The van der Waals surface area contributed by atoms with E-state index in [1.54, 1.807) is 11.0 Å². The number of hydrogen-bond donors (Lipinski definition) is 0. The normalized spacial score (nSPS) is 14.1. The molecule has 4 nitrogen and oxygen atoms in total. The summed E-state index contributed by atoms with van der Waals surface area (Å²) in [6.45, 7) is 6.49. The molecule has 1 aliphatic heterocycles. The first-order valence-electron chi connectivity index (χ1n) is 6.71. The number of piperidine rings is 1. The molecule has 20 heavy (non-hydrogen) atoms. The minimum absolute atomic E-state index is 0.220.